The molecule has 1 aromatic heterocycles. The van der Waals surface area contributed by atoms with Crippen molar-refractivity contribution in [3.63, 3.8) is 0 Å². The van der Waals surface area contributed by atoms with Gasteiger partial charge in [-0.2, -0.15) is 18.3 Å². The van der Waals surface area contributed by atoms with Crippen molar-refractivity contribution >= 4 is 11.6 Å². The second-order valence-corrected chi connectivity index (χ2v) is 4.21. The maximum absolute atomic E-state index is 12.0. The fourth-order valence-electron chi connectivity index (χ4n) is 1.63. The van der Waals surface area contributed by atoms with Crippen LogP contribution < -0.4 is 5.32 Å². The van der Waals surface area contributed by atoms with Crippen molar-refractivity contribution < 1.29 is 18.0 Å². The smallest absolute Gasteiger partial charge is 0.326 e. The highest BCUT2D eigenvalue weighted by atomic mass is 19.4. The van der Waals surface area contributed by atoms with Gasteiger partial charge in [-0.1, -0.05) is 12.1 Å². The summed E-state index contributed by atoms with van der Waals surface area (Å²) in [5, 5.41) is 9.03. The van der Waals surface area contributed by atoms with Gasteiger partial charge in [-0.15, -0.1) is 0 Å². The Morgan fingerprint density at radius 3 is 2.45 bits per heavy atom. The molecule has 0 aliphatic carbocycles. The number of alkyl halides is 3. The van der Waals surface area contributed by atoms with Crippen molar-refractivity contribution in [1.29, 1.82) is 0 Å². The minimum atomic E-state index is -4.32. The highest BCUT2D eigenvalue weighted by molar-refractivity contribution is 5.90. The molecule has 0 saturated carbocycles. The molecule has 2 rings (SSSR count). The number of halogens is 3. The van der Waals surface area contributed by atoms with Crippen LogP contribution in [0.5, 0.6) is 0 Å². The SMILES string of the molecule is O=C(CCC(F)(F)F)Nc1ccc(-c2ccn[nH]2)cc1. The zero-order valence-electron chi connectivity index (χ0n) is 10.4. The van der Waals surface area contributed by atoms with E-state index in [2.05, 4.69) is 15.5 Å². The van der Waals surface area contributed by atoms with Crippen molar-refractivity contribution in [2.75, 3.05) is 5.32 Å². The Bertz CT molecular complexity index is 562. The molecule has 20 heavy (non-hydrogen) atoms. The van der Waals surface area contributed by atoms with Gasteiger partial charge in [-0.05, 0) is 23.8 Å². The Hall–Kier alpha value is -2.31. The van der Waals surface area contributed by atoms with E-state index in [1.165, 1.54) is 0 Å². The molecule has 0 saturated heterocycles. The number of aromatic nitrogens is 2. The molecule has 1 heterocycles. The number of hydrogen-bond acceptors (Lipinski definition) is 2. The molecule has 0 spiro atoms. The maximum atomic E-state index is 12.0. The molecule has 7 heteroatoms. The number of benzene rings is 1. The molecule has 0 fully saturated rings. The number of H-pyrrole nitrogens is 1. The molecule has 0 radical (unpaired) electrons. The van der Waals surface area contributed by atoms with E-state index in [0.29, 0.717) is 5.69 Å². The fourth-order valence-corrected chi connectivity index (χ4v) is 1.63. The first-order valence-corrected chi connectivity index (χ1v) is 5.90. The minimum absolute atomic E-state index is 0.459. The third-order valence-electron chi connectivity index (χ3n) is 2.62. The third kappa shape index (κ3) is 4.11. The van der Waals surface area contributed by atoms with Crippen LogP contribution in [0.3, 0.4) is 0 Å². The summed E-state index contributed by atoms with van der Waals surface area (Å²) >= 11 is 0. The first kappa shape index (κ1) is 14.1. The Balaban J connectivity index is 1.92. The molecule has 0 unspecified atom stereocenters. The predicted molar refractivity (Wildman–Crippen MR) is 67.9 cm³/mol. The fraction of sp³-hybridized carbons (Fsp3) is 0.231. The number of hydrogen-bond donors (Lipinski definition) is 2. The average molecular weight is 283 g/mol. The second kappa shape index (κ2) is 5.77. The lowest BCUT2D eigenvalue weighted by Crippen LogP contribution is -2.16. The van der Waals surface area contributed by atoms with Crippen LogP contribution in [-0.2, 0) is 4.79 Å². The molecule has 1 amide bonds. The summed E-state index contributed by atoms with van der Waals surface area (Å²) < 4.78 is 35.9. The largest absolute Gasteiger partial charge is 0.389 e. The van der Waals surface area contributed by atoms with E-state index in [4.69, 9.17) is 0 Å². The number of nitrogens with one attached hydrogen (secondary N) is 2. The van der Waals surface area contributed by atoms with E-state index in [-0.39, 0.29) is 0 Å². The number of carbonyl (C=O) groups excluding carboxylic acids is 1. The number of carbonyl (C=O) groups is 1. The standard InChI is InChI=1S/C13H12F3N3O/c14-13(15,16)7-5-12(20)18-10-3-1-9(2-4-10)11-6-8-17-19-11/h1-4,6,8H,5,7H2,(H,17,19)(H,18,20). The van der Waals surface area contributed by atoms with Gasteiger partial charge in [0, 0.05) is 18.3 Å². The van der Waals surface area contributed by atoms with Gasteiger partial charge in [-0.25, -0.2) is 0 Å². The van der Waals surface area contributed by atoms with Crippen LogP contribution >= 0.6 is 0 Å². The lowest BCUT2D eigenvalue weighted by molar-refractivity contribution is -0.142. The third-order valence-corrected chi connectivity index (χ3v) is 2.62. The molecular formula is C13H12F3N3O. The van der Waals surface area contributed by atoms with E-state index in [1.807, 2.05) is 0 Å². The first-order valence-electron chi connectivity index (χ1n) is 5.90. The van der Waals surface area contributed by atoms with Crippen LogP contribution in [0.15, 0.2) is 36.5 Å². The van der Waals surface area contributed by atoms with Crippen LogP contribution in [0, 0.1) is 0 Å². The molecule has 0 aliphatic rings. The van der Waals surface area contributed by atoms with Crippen LogP contribution in [0.25, 0.3) is 11.3 Å². The summed E-state index contributed by atoms with van der Waals surface area (Å²) in [5.41, 5.74) is 2.15. The molecule has 2 aromatic rings. The van der Waals surface area contributed by atoms with Gasteiger partial charge >= 0.3 is 6.18 Å². The van der Waals surface area contributed by atoms with E-state index < -0.39 is 24.9 Å². The van der Waals surface area contributed by atoms with Gasteiger partial charge in [0.2, 0.25) is 5.91 Å². The van der Waals surface area contributed by atoms with Crippen LogP contribution in [-0.4, -0.2) is 22.3 Å². The summed E-state index contributed by atoms with van der Waals surface area (Å²) in [7, 11) is 0. The van der Waals surface area contributed by atoms with Gasteiger partial charge in [0.25, 0.3) is 0 Å². The highest BCUT2D eigenvalue weighted by Gasteiger charge is 2.27. The van der Waals surface area contributed by atoms with E-state index in [0.717, 1.165) is 11.3 Å². The molecule has 106 valence electrons. The molecular weight excluding hydrogens is 271 g/mol. The number of nitrogens with zero attached hydrogens (tertiary/aromatic N) is 1. The molecule has 0 atom stereocenters. The number of anilines is 1. The molecule has 4 nitrogen and oxygen atoms in total. The van der Waals surface area contributed by atoms with Crippen molar-refractivity contribution in [2.24, 2.45) is 0 Å². The summed E-state index contributed by atoms with van der Waals surface area (Å²) in [6, 6.07) is 8.53. The van der Waals surface area contributed by atoms with Crippen molar-refractivity contribution in [1.82, 2.24) is 10.2 Å². The van der Waals surface area contributed by atoms with Crippen molar-refractivity contribution in [3.05, 3.63) is 36.5 Å². The zero-order valence-corrected chi connectivity index (χ0v) is 10.4. The van der Waals surface area contributed by atoms with E-state index >= 15 is 0 Å². The summed E-state index contributed by atoms with van der Waals surface area (Å²) in [4.78, 5) is 11.3. The Morgan fingerprint density at radius 2 is 1.90 bits per heavy atom. The lowest BCUT2D eigenvalue weighted by Gasteiger charge is -2.08. The van der Waals surface area contributed by atoms with Crippen molar-refractivity contribution in [3.8, 4) is 11.3 Å². The van der Waals surface area contributed by atoms with Crippen molar-refractivity contribution in [2.45, 2.75) is 19.0 Å². The Morgan fingerprint density at radius 1 is 1.20 bits per heavy atom. The minimum Gasteiger partial charge on any atom is -0.326 e. The van der Waals surface area contributed by atoms with Gasteiger partial charge in [0.05, 0.1) is 12.1 Å². The van der Waals surface area contributed by atoms with Gasteiger partial charge in [-0.3, -0.25) is 9.89 Å². The van der Waals surface area contributed by atoms with Gasteiger partial charge in [0.15, 0.2) is 0 Å². The quantitative estimate of drug-likeness (QED) is 0.904. The number of rotatable bonds is 4. The number of aromatic amines is 1. The van der Waals surface area contributed by atoms with Gasteiger partial charge < -0.3 is 5.32 Å². The molecule has 1 aromatic carbocycles. The normalized spacial score (nSPS) is 11.3. The topological polar surface area (TPSA) is 57.8 Å². The van der Waals surface area contributed by atoms with Crippen LogP contribution in [0.2, 0.25) is 0 Å². The maximum Gasteiger partial charge on any atom is 0.389 e. The Kier molecular flexibility index (Phi) is 4.07. The second-order valence-electron chi connectivity index (χ2n) is 4.21. The summed E-state index contributed by atoms with van der Waals surface area (Å²) in [6.45, 7) is 0. The van der Waals surface area contributed by atoms with Gasteiger partial charge in [0.1, 0.15) is 0 Å². The van der Waals surface area contributed by atoms with Crippen LogP contribution in [0.1, 0.15) is 12.8 Å². The molecule has 0 aliphatic heterocycles. The molecule has 2 N–H and O–H groups in total. The number of amides is 1. The van der Waals surface area contributed by atoms with Crippen LogP contribution in [0.4, 0.5) is 18.9 Å². The highest BCUT2D eigenvalue weighted by Crippen LogP contribution is 2.22. The monoisotopic (exact) mass is 283 g/mol. The summed E-state index contributed by atoms with van der Waals surface area (Å²) in [6.07, 6.45) is -4.40. The zero-order chi connectivity index (χ0) is 14.6. The van der Waals surface area contributed by atoms with E-state index in [9.17, 15) is 18.0 Å². The first-order chi connectivity index (χ1) is 9.44. The predicted octanol–water partition coefficient (Wildman–Crippen LogP) is 3.36. The molecule has 0 bridgehead atoms. The lowest BCUT2D eigenvalue weighted by atomic mass is 10.1. The Labute approximate surface area is 113 Å². The average Bonchev–Trinajstić information content (AvgIpc) is 2.90. The van der Waals surface area contributed by atoms with E-state index in [1.54, 1.807) is 36.5 Å². The summed E-state index contributed by atoms with van der Waals surface area (Å²) in [5.74, 6) is -0.656.